The molecular weight excluding hydrogens is 184 g/mol. The minimum Gasteiger partial charge on any atom is -0.357 e. The topological polar surface area (TPSA) is 16.1 Å². The van der Waals surface area contributed by atoms with Crippen LogP contribution < -0.4 is 4.90 Å². The lowest BCUT2D eigenvalue weighted by Gasteiger charge is -2.16. The second kappa shape index (κ2) is 4.84. The number of hydrogen-bond donors (Lipinski definition) is 0. The Morgan fingerprint density at radius 1 is 1.33 bits per heavy atom. The number of aromatic nitrogens is 1. The van der Waals surface area contributed by atoms with Crippen LogP contribution in [0.4, 0.5) is 5.82 Å². The van der Waals surface area contributed by atoms with Gasteiger partial charge in [0.2, 0.25) is 0 Å². The Morgan fingerprint density at radius 3 is 2.73 bits per heavy atom. The van der Waals surface area contributed by atoms with Crippen LogP contribution in [-0.4, -0.2) is 18.1 Å². The summed E-state index contributed by atoms with van der Waals surface area (Å²) in [6.07, 6.45) is 11.5. The van der Waals surface area contributed by atoms with Crippen LogP contribution in [-0.2, 0) is 6.42 Å². The number of pyridine rings is 1. The molecule has 0 atom stereocenters. The van der Waals surface area contributed by atoms with Gasteiger partial charge in [0.05, 0.1) is 0 Å². The number of terminal acetylenes is 1. The first kappa shape index (κ1) is 10.0. The highest BCUT2D eigenvalue weighted by atomic mass is 15.2. The minimum atomic E-state index is 0.796. The number of aryl methyl sites for hydroxylation is 1. The summed E-state index contributed by atoms with van der Waals surface area (Å²) in [4.78, 5) is 6.81. The molecule has 1 saturated heterocycles. The van der Waals surface area contributed by atoms with Gasteiger partial charge in [-0.3, -0.25) is 0 Å². The fourth-order valence-corrected chi connectivity index (χ4v) is 1.91. The molecule has 15 heavy (non-hydrogen) atoms. The van der Waals surface area contributed by atoms with E-state index in [4.69, 9.17) is 6.42 Å². The summed E-state index contributed by atoms with van der Waals surface area (Å²) in [5, 5.41) is 0. The number of rotatable bonds is 3. The summed E-state index contributed by atoms with van der Waals surface area (Å²) >= 11 is 0. The molecule has 0 spiro atoms. The Morgan fingerprint density at radius 2 is 2.13 bits per heavy atom. The summed E-state index contributed by atoms with van der Waals surface area (Å²) in [6.45, 7) is 2.30. The Kier molecular flexibility index (Phi) is 3.24. The molecule has 0 bridgehead atoms. The average Bonchev–Trinajstić information content (AvgIpc) is 2.80. The third-order valence-electron chi connectivity index (χ3n) is 2.80. The van der Waals surface area contributed by atoms with Gasteiger partial charge in [0.15, 0.2) is 0 Å². The molecule has 0 radical (unpaired) electrons. The molecule has 78 valence electrons. The summed E-state index contributed by atoms with van der Waals surface area (Å²) in [7, 11) is 0. The van der Waals surface area contributed by atoms with E-state index in [1.54, 1.807) is 0 Å². The monoisotopic (exact) mass is 200 g/mol. The Hall–Kier alpha value is -1.49. The maximum atomic E-state index is 5.23. The largest absolute Gasteiger partial charge is 0.357 e. The van der Waals surface area contributed by atoms with Gasteiger partial charge in [-0.1, -0.05) is 6.07 Å². The predicted octanol–water partition coefficient (Wildman–Crippen LogP) is 2.25. The summed E-state index contributed by atoms with van der Waals surface area (Å²) in [5.74, 6) is 3.76. The SMILES string of the molecule is C#CCCc1ccc(N2CCCC2)nc1. The number of hydrogen-bond acceptors (Lipinski definition) is 2. The Bertz CT molecular complexity index is 342. The molecule has 0 amide bonds. The number of anilines is 1. The van der Waals surface area contributed by atoms with Crippen LogP contribution in [0.15, 0.2) is 18.3 Å². The second-order valence-corrected chi connectivity index (χ2v) is 3.92. The first-order chi connectivity index (χ1) is 7.40. The fraction of sp³-hybridized carbons (Fsp3) is 0.462. The van der Waals surface area contributed by atoms with Gasteiger partial charge in [-0.2, -0.15) is 0 Å². The maximum absolute atomic E-state index is 5.23. The zero-order valence-corrected chi connectivity index (χ0v) is 8.95. The standard InChI is InChI=1S/C13H16N2/c1-2-3-6-12-7-8-13(14-11-12)15-9-4-5-10-15/h1,7-8,11H,3-6,9-10H2. The van der Waals surface area contributed by atoms with Gasteiger partial charge in [-0.15, -0.1) is 12.3 Å². The van der Waals surface area contributed by atoms with Crippen LogP contribution in [0.5, 0.6) is 0 Å². The van der Waals surface area contributed by atoms with Gasteiger partial charge in [0, 0.05) is 25.7 Å². The lowest BCUT2D eigenvalue weighted by molar-refractivity contribution is 0.926. The molecule has 1 aromatic rings. The zero-order valence-electron chi connectivity index (χ0n) is 8.95. The fourth-order valence-electron chi connectivity index (χ4n) is 1.91. The molecular formula is C13H16N2. The van der Waals surface area contributed by atoms with Crippen LogP contribution in [0.3, 0.4) is 0 Å². The molecule has 0 aliphatic carbocycles. The molecule has 1 aliphatic rings. The highest BCUT2D eigenvalue weighted by molar-refractivity contribution is 5.40. The van der Waals surface area contributed by atoms with Crippen LogP contribution in [0.1, 0.15) is 24.8 Å². The van der Waals surface area contributed by atoms with Gasteiger partial charge < -0.3 is 4.90 Å². The molecule has 0 saturated carbocycles. The Labute approximate surface area is 91.3 Å². The molecule has 2 heteroatoms. The average molecular weight is 200 g/mol. The lowest BCUT2D eigenvalue weighted by atomic mass is 10.2. The predicted molar refractivity (Wildman–Crippen MR) is 62.8 cm³/mol. The molecule has 0 unspecified atom stereocenters. The molecule has 1 fully saturated rings. The van der Waals surface area contributed by atoms with E-state index in [2.05, 4.69) is 27.9 Å². The van der Waals surface area contributed by atoms with Crippen LogP contribution in [0.25, 0.3) is 0 Å². The quantitative estimate of drug-likeness (QED) is 0.696. The molecule has 2 nitrogen and oxygen atoms in total. The van der Waals surface area contributed by atoms with Gasteiger partial charge in [0.25, 0.3) is 0 Å². The first-order valence-corrected chi connectivity index (χ1v) is 5.53. The van der Waals surface area contributed by atoms with Crippen molar-refractivity contribution < 1.29 is 0 Å². The normalized spacial score (nSPS) is 15.3. The van der Waals surface area contributed by atoms with Crippen molar-refractivity contribution >= 4 is 5.82 Å². The third kappa shape index (κ3) is 2.50. The smallest absolute Gasteiger partial charge is 0.128 e. The highest BCUT2D eigenvalue weighted by Crippen LogP contribution is 2.17. The second-order valence-electron chi connectivity index (χ2n) is 3.92. The molecule has 2 rings (SSSR count). The van der Waals surface area contributed by atoms with Gasteiger partial charge >= 0.3 is 0 Å². The molecule has 1 aliphatic heterocycles. The molecule has 0 N–H and O–H groups in total. The van der Waals surface area contributed by atoms with Crippen molar-refractivity contribution in [2.45, 2.75) is 25.7 Å². The van der Waals surface area contributed by atoms with E-state index in [0.717, 1.165) is 31.7 Å². The molecule has 1 aromatic heterocycles. The van der Waals surface area contributed by atoms with E-state index < -0.39 is 0 Å². The van der Waals surface area contributed by atoms with Crippen LogP contribution >= 0.6 is 0 Å². The minimum absolute atomic E-state index is 0.796. The van der Waals surface area contributed by atoms with E-state index in [9.17, 15) is 0 Å². The summed E-state index contributed by atoms with van der Waals surface area (Å²) in [6, 6.07) is 4.25. The molecule has 2 heterocycles. The van der Waals surface area contributed by atoms with Crippen molar-refractivity contribution in [3.63, 3.8) is 0 Å². The van der Waals surface area contributed by atoms with Gasteiger partial charge in [-0.25, -0.2) is 4.98 Å². The molecule has 0 aromatic carbocycles. The lowest BCUT2D eigenvalue weighted by Crippen LogP contribution is -2.18. The van der Waals surface area contributed by atoms with Crippen LogP contribution in [0, 0.1) is 12.3 Å². The van der Waals surface area contributed by atoms with Gasteiger partial charge in [-0.05, 0) is 30.9 Å². The van der Waals surface area contributed by atoms with E-state index in [1.165, 1.54) is 18.4 Å². The van der Waals surface area contributed by atoms with Crippen molar-refractivity contribution in [2.24, 2.45) is 0 Å². The third-order valence-corrected chi connectivity index (χ3v) is 2.80. The van der Waals surface area contributed by atoms with E-state index in [1.807, 2.05) is 6.20 Å². The van der Waals surface area contributed by atoms with E-state index in [0.29, 0.717) is 0 Å². The van der Waals surface area contributed by atoms with Crippen LogP contribution in [0.2, 0.25) is 0 Å². The first-order valence-electron chi connectivity index (χ1n) is 5.53. The Balaban J connectivity index is 2.00. The van der Waals surface area contributed by atoms with Crippen molar-refractivity contribution in [3.8, 4) is 12.3 Å². The summed E-state index contributed by atoms with van der Waals surface area (Å²) < 4.78 is 0. The van der Waals surface area contributed by atoms with E-state index in [-0.39, 0.29) is 0 Å². The van der Waals surface area contributed by atoms with Crippen molar-refractivity contribution in [2.75, 3.05) is 18.0 Å². The van der Waals surface area contributed by atoms with Crippen molar-refractivity contribution in [3.05, 3.63) is 23.9 Å². The maximum Gasteiger partial charge on any atom is 0.128 e. The van der Waals surface area contributed by atoms with Crippen molar-refractivity contribution in [1.29, 1.82) is 0 Å². The van der Waals surface area contributed by atoms with Gasteiger partial charge in [0.1, 0.15) is 5.82 Å². The zero-order chi connectivity index (χ0) is 10.5. The summed E-state index contributed by atoms with van der Waals surface area (Å²) in [5.41, 5.74) is 1.23. The van der Waals surface area contributed by atoms with E-state index >= 15 is 0 Å². The number of nitrogens with zero attached hydrogens (tertiary/aromatic N) is 2. The van der Waals surface area contributed by atoms with Crippen molar-refractivity contribution in [1.82, 2.24) is 4.98 Å². The highest BCUT2D eigenvalue weighted by Gasteiger charge is 2.12.